The van der Waals surface area contributed by atoms with Crippen molar-refractivity contribution in [2.24, 2.45) is 5.92 Å². The summed E-state index contributed by atoms with van der Waals surface area (Å²) >= 11 is 0. The van der Waals surface area contributed by atoms with Gasteiger partial charge in [-0.15, -0.1) is 0 Å². The Bertz CT molecular complexity index is 1520. The fraction of sp³-hybridized carbons (Fsp3) is 0.755. The first-order valence-corrected chi connectivity index (χ1v) is 23.6. The van der Waals surface area contributed by atoms with Crippen LogP contribution in [0.2, 0.25) is 0 Å². The van der Waals surface area contributed by atoms with Crippen LogP contribution in [0.5, 0.6) is 0 Å². The third kappa shape index (κ3) is 14.1. The predicted octanol–water partition coefficient (Wildman–Crippen LogP) is 9.59. The van der Waals surface area contributed by atoms with Gasteiger partial charge in [0.05, 0.1) is 0 Å². The second-order valence-corrected chi connectivity index (χ2v) is 17.6. The minimum absolute atomic E-state index is 0.0587. The first kappa shape index (κ1) is 53.0. The van der Waals surface area contributed by atoms with E-state index in [0.29, 0.717) is 31.3 Å². The summed E-state index contributed by atoms with van der Waals surface area (Å²) in [6, 6.07) is 9.59. The minimum Gasteiger partial charge on any atom is -0.479 e. The summed E-state index contributed by atoms with van der Waals surface area (Å²) in [5.41, 5.74) is -4.83. The van der Waals surface area contributed by atoms with Crippen LogP contribution < -0.4 is 0 Å². The zero-order valence-electron chi connectivity index (χ0n) is 38.1. The van der Waals surface area contributed by atoms with Gasteiger partial charge in [0.15, 0.2) is 5.79 Å². The van der Waals surface area contributed by atoms with E-state index in [1.54, 1.807) is 0 Å². The van der Waals surface area contributed by atoms with Gasteiger partial charge in [0.2, 0.25) is 17.3 Å². The van der Waals surface area contributed by atoms with Crippen LogP contribution in [-0.2, 0) is 49.3 Å². The number of carbonyl (C=O) groups excluding carboxylic acids is 1. The van der Waals surface area contributed by atoms with Crippen molar-refractivity contribution in [3.63, 3.8) is 0 Å². The molecule has 1 aromatic rings. The molecule has 0 aliphatic carbocycles. The van der Waals surface area contributed by atoms with Gasteiger partial charge >= 0.3 is 23.9 Å². The van der Waals surface area contributed by atoms with Gasteiger partial charge in [0.25, 0.3) is 0 Å². The Kier molecular flexibility index (Phi) is 23.1. The maximum absolute atomic E-state index is 13.8. The summed E-state index contributed by atoms with van der Waals surface area (Å²) < 4.78 is 30.3. The average molecular weight is 875 g/mol. The van der Waals surface area contributed by atoms with Crippen molar-refractivity contribution in [1.82, 2.24) is 0 Å². The van der Waals surface area contributed by atoms with Crippen molar-refractivity contribution in [2.45, 2.75) is 217 Å². The number of ether oxygens (including phenoxy) is 5. The Morgan fingerprint density at radius 2 is 1.24 bits per heavy atom. The Labute approximate surface area is 370 Å². The molecule has 2 aliphatic rings. The van der Waals surface area contributed by atoms with Crippen LogP contribution in [0.25, 0.3) is 0 Å². The normalized spacial score (nSPS) is 25.3. The van der Waals surface area contributed by atoms with Gasteiger partial charge in [-0.05, 0) is 36.8 Å². The molecule has 13 nitrogen and oxygen atoms in total. The van der Waals surface area contributed by atoms with Crippen LogP contribution in [0.15, 0.2) is 42.5 Å². The number of hydrogen-bond donors (Lipinski definition) is 4. The van der Waals surface area contributed by atoms with E-state index in [-0.39, 0.29) is 32.0 Å². The lowest BCUT2D eigenvalue weighted by molar-refractivity contribution is -0.380. The number of unbranched alkanes of at least 4 members (excludes halogenated alkanes) is 18. The van der Waals surface area contributed by atoms with Gasteiger partial charge in [-0.1, -0.05) is 173 Å². The van der Waals surface area contributed by atoms with E-state index in [1.807, 2.05) is 37.3 Å². The third-order valence-corrected chi connectivity index (χ3v) is 12.6. The number of benzene rings is 1. The smallest absolute Gasteiger partial charge is 0.343 e. The van der Waals surface area contributed by atoms with Crippen molar-refractivity contribution in [3.05, 3.63) is 48.0 Å². The SMILES string of the molecule is C=C(CC[C@]12O[C@H](C(=O)O)[C@@](OCCCCCCCCCCCC)(C(=O)O)[C@](C(=O)O)(O1)[C@H](OCCCCCCCCCCCC)[C@H]2O)[C@@H](OC(C)=O)[C@H](C)Cc1ccccc1. The van der Waals surface area contributed by atoms with Crippen LogP contribution in [0.1, 0.15) is 175 Å². The highest BCUT2D eigenvalue weighted by Gasteiger charge is 2.86. The zero-order valence-corrected chi connectivity index (χ0v) is 38.1. The minimum atomic E-state index is -3.16. The number of carboxylic acids is 3. The predicted molar refractivity (Wildman–Crippen MR) is 236 cm³/mol. The second kappa shape index (κ2) is 27.1. The van der Waals surface area contributed by atoms with E-state index in [1.165, 1.54) is 58.3 Å². The third-order valence-electron chi connectivity index (χ3n) is 12.6. The monoisotopic (exact) mass is 875 g/mol. The van der Waals surface area contributed by atoms with Gasteiger partial charge in [-0.25, -0.2) is 14.4 Å². The van der Waals surface area contributed by atoms with Gasteiger partial charge in [-0.3, -0.25) is 4.79 Å². The first-order valence-electron chi connectivity index (χ1n) is 23.6. The Balaban J connectivity index is 1.89. The molecule has 2 fully saturated rings. The molecule has 0 saturated carbocycles. The molecule has 62 heavy (non-hydrogen) atoms. The van der Waals surface area contributed by atoms with Crippen LogP contribution in [0.4, 0.5) is 0 Å². The maximum atomic E-state index is 13.8. The van der Waals surface area contributed by atoms with Gasteiger partial charge in [0, 0.05) is 32.5 Å². The van der Waals surface area contributed by atoms with Crippen molar-refractivity contribution < 1.29 is 63.3 Å². The van der Waals surface area contributed by atoms with Crippen LogP contribution in [0.3, 0.4) is 0 Å². The molecule has 2 aliphatic heterocycles. The molecule has 0 unspecified atom stereocenters. The summed E-state index contributed by atoms with van der Waals surface area (Å²) in [6.45, 7) is 11.4. The lowest BCUT2D eigenvalue weighted by Gasteiger charge is -2.51. The molecule has 2 bridgehead atoms. The molecule has 2 heterocycles. The molecule has 3 rings (SSSR count). The molecule has 0 radical (unpaired) electrons. The standard InChI is InChI=1S/C49H78O13/c1-6-8-10-12-14-16-18-20-22-27-33-58-42-41(51)47(32-31-36(3)40(60-38(5)50)37(4)35-39-29-25-24-26-30-39)61-43(44(52)53)48(45(54)55,49(42,62-47)46(56)57)59-34-28-23-21-19-17-15-13-11-9-7-2/h24-26,29-30,37,40-43,51H,3,6-23,27-28,31-35H2,1-2,4-5H3,(H,52,53)(H,54,55)(H,56,57)/t37-,40-,41-,42-,43-,47+,48-,49+/m1/s1. The highest BCUT2D eigenvalue weighted by atomic mass is 16.8. The molecule has 0 amide bonds. The Morgan fingerprint density at radius 3 is 1.71 bits per heavy atom. The molecule has 4 N–H and O–H groups in total. The van der Waals surface area contributed by atoms with Crippen LogP contribution in [-0.4, -0.2) is 98.9 Å². The van der Waals surface area contributed by atoms with E-state index < -0.39 is 65.3 Å². The Morgan fingerprint density at radius 1 is 0.742 bits per heavy atom. The fourth-order valence-electron chi connectivity index (χ4n) is 9.21. The number of esters is 1. The van der Waals surface area contributed by atoms with E-state index in [0.717, 1.165) is 63.4 Å². The summed E-state index contributed by atoms with van der Waals surface area (Å²) in [5.74, 6) is -8.79. The highest BCUT2D eigenvalue weighted by molar-refractivity contribution is 5.98. The van der Waals surface area contributed by atoms with E-state index in [4.69, 9.17) is 23.7 Å². The molecule has 13 heteroatoms. The molecule has 2 saturated heterocycles. The summed E-state index contributed by atoms with van der Waals surface area (Å²) in [4.78, 5) is 52.9. The number of hydrogen-bond acceptors (Lipinski definition) is 10. The van der Waals surface area contributed by atoms with E-state index >= 15 is 0 Å². The van der Waals surface area contributed by atoms with Crippen LogP contribution in [0, 0.1) is 5.92 Å². The van der Waals surface area contributed by atoms with Crippen molar-refractivity contribution in [2.75, 3.05) is 13.2 Å². The van der Waals surface area contributed by atoms with Crippen molar-refractivity contribution in [3.8, 4) is 0 Å². The Hall–Kier alpha value is -3.36. The molecule has 352 valence electrons. The summed E-state index contributed by atoms with van der Waals surface area (Å²) in [5, 5.41) is 45.0. The number of aliphatic hydroxyl groups excluding tert-OH is 1. The van der Waals surface area contributed by atoms with Gasteiger partial charge in [0.1, 0.15) is 18.3 Å². The zero-order chi connectivity index (χ0) is 45.6. The maximum Gasteiger partial charge on any atom is 0.343 e. The molecular formula is C49H78O13. The van der Waals surface area contributed by atoms with Gasteiger partial charge in [-0.2, -0.15) is 0 Å². The quantitative estimate of drug-likeness (QED) is 0.0286. The highest BCUT2D eigenvalue weighted by Crippen LogP contribution is 2.57. The van der Waals surface area contributed by atoms with Gasteiger partial charge < -0.3 is 44.1 Å². The van der Waals surface area contributed by atoms with Crippen LogP contribution >= 0.6 is 0 Å². The summed E-state index contributed by atoms with van der Waals surface area (Å²) in [6.07, 6.45) is 13.0. The topological polar surface area (TPSA) is 195 Å². The fourth-order valence-corrected chi connectivity index (χ4v) is 9.21. The lowest BCUT2D eigenvalue weighted by atomic mass is 9.74. The molecule has 8 atom stereocenters. The average Bonchev–Trinajstić information content (AvgIpc) is 3.45. The second-order valence-electron chi connectivity index (χ2n) is 17.6. The molecule has 0 spiro atoms. The van der Waals surface area contributed by atoms with E-state index in [9.17, 15) is 39.6 Å². The molecular weight excluding hydrogens is 797 g/mol. The van der Waals surface area contributed by atoms with Crippen molar-refractivity contribution in [1.29, 1.82) is 0 Å². The number of rotatable bonds is 35. The number of carboxylic acid groups (broad SMARTS) is 3. The molecule has 0 aromatic heterocycles. The largest absolute Gasteiger partial charge is 0.479 e. The lowest BCUT2D eigenvalue weighted by Crippen LogP contribution is -2.79. The van der Waals surface area contributed by atoms with E-state index in [2.05, 4.69) is 20.4 Å². The first-order chi connectivity index (χ1) is 29.7. The number of aliphatic carboxylic acids is 3. The number of carbonyl (C=O) groups is 4. The molecule has 1 aromatic carbocycles. The number of aliphatic hydroxyl groups is 1. The summed E-state index contributed by atoms with van der Waals surface area (Å²) in [7, 11) is 0. The van der Waals surface area contributed by atoms with Crippen molar-refractivity contribution >= 4 is 23.9 Å². The number of fused-ring (bicyclic) bond motifs is 2.